The summed E-state index contributed by atoms with van der Waals surface area (Å²) in [6.45, 7) is 1.92. The molecule has 4 heteroatoms. The predicted octanol–water partition coefficient (Wildman–Crippen LogP) is 2.32. The van der Waals surface area contributed by atoms with Gasteiger partial charge in [-0.2, -0.15) is 0 Å². The number of halogens is 2. The van der Waals surface area contributed by atoms with Crippen molar-refractivity contribution in [1.29, 1.82) is 0 Å². The van der Waals surface area contributed by atoms with Gasteiger partial charge in [0.2, 0.25) is 5.91 Å². The van der Waals surface area contributed by atoms with Crippen molar-refractivity contribution in [1.82, 2.24) is 5.32 Å². The van der Waals surface area contributed by atoms with E-state index < -0.39 is 0 Å². The molecule has 1 amide bonds. The first kappa shape index (κ1) is 9.65. The lowest BCUT2D eigenvalue weighted by Crippen LogP contribution is -2.56. The van der Waals surface area contributed by atoms with E-state index in [9.17, 15) is 9.18 Å². The standard InChI is InChI=1S/C10H9BrFNO/c1-10(5-9(14)13-10)7-3-2-6(12)4-8(7)11/h2-4H,5H2,1H3,(H,13,14). The Bertz CT molecular complexity index is 397. The Morgan fingerprint density at radius 1 is 1.57 bits per heavy atom. The zero-order valence-corrected chi connectivity index (χ0v) is 9.19. The molecule has 0 aliphatic carbocycles. The number of nitrogens with one attached hydrogen (secondary N) is 1. The van der Waals surface area contributed by atoms with Crippen molar-refractivity contribution in [3.05, 3.63) is 34.1 Å². The second-order valence-corrected chi connectivity index (χ2v) is 4.54. The topological polar surface area (TPSA) is 29.1 Å². The zero-order chi connectivity index (χ0) is 10.3. The summed E-state index contributed by atoms with van der Waals surface area (Å²) in [7, 11) is 0. The minimum absolute atomic E-state index is 0.0312. The summed E-state index contributed by atoms with van der Waals surface area (Å²) in [6, 6.07) is 4.50. The molecule has 74 valence electrons. The van der Waals surface area contributed by atoms with E-state index in [1.165, 1.54) is 12.1 Å². The monoisotopic (exact) mass is 257 g/mol. The Hall–Kier alpha value is -0.900. The van der Waals surface area contributed by atoms with Crippen LogP contribution in [0.4, 0.5) is 4.39 Å². The second-order valence-electron chi connectivity index (χ2n) is 3.68. The number of amides is 1. The van der Waals surface area contributed by atoms with Gasteiger partial charge in [-0.25, -0.2) is 4.39 Å². The molecular weight excluding hydrogens is 249 g/mol. The Labute approximate surface area is 89.6 Å². The molecule has 2 rings (SSSR count). The van der Waals surface area contributed by atoms with Gasteiger partial charge in [0.25, 0.3) is 0 Å². The number of carbonyl (C=O) groups excluding carboxylic acids is 1. The van der Waals surface area contributed by atoms with Gasteiger partial charge in [-0.05, 0) is 24.6 Å². The largest absolute Gasteiger partial charge is 0.346 e. The zero-order valence-electron chi connectivity index (χ0n) is 7.60. The summed E-state index contributed by atoms with van der Waals surface area (Å²) in [5, 5.41) is 2.80. The maximum atomic E-state index is 12.8. The molecule has 1 N–H and O–H groups in total. The smallest absolute Gasteiger partial charge is 0.223 e. The maximum Gasteiger partial charge on any atom is 0.223 e. The Kier molecular flexibility index (Phi) is 2.10. The van der Waals surface area contributed by atoms with Gasteiger partial charge >= 0.3 is 0 Å². The van der Waals surface area contributed by atoms with E-state index in [2.05, 4.69) is 21.2 Å². The van der Waals surface area contributed by atoms with Crippen LogP contribution in [0.25, 0.3) is 0 Å². The van der Waals surface area contributed by atoms with Crippen LogP contribution in [0, 0.1) is 5.82 Å². The fourth-order valence-electron chi connectivity index (χ4n) is 1.71. The predicted molar refractivity (Wildman–Crippen MR) is 54.2 cm³/mol. The number of hydrogen-bond donors (Lipinski definition) is 1. The molecule has 0 radical (unpaired) electrons. The quantitative estimate of drug-likeness (QED) is 0.769. The molecule has 0 spiro atoms. The first-order valence-corrected chi connectivity index (χ1v) is 5.07. The highest BCUT2D eigenvalue weighted by Gasteiger charge is 2.40. The lowest BCUT2D eigenvalue weighted by atomic mass is 9.82. The molecule has 1 aromatic carbocycles. The van der Waals surface area contributed by atoms with Gasteiger partial charge in [-0.15, -0.1) is 0 Å². The van der Waals surface area contributed by atoms with Gasteiger partial charge in [0, 0.05) is 4.47 Å². The lowest BCUT2D eigenvalue weighted by molar-refractivity contribution is -0.132. The van der Waals surface area contributed by atoms with E-state index in [1.54, 1.807) is 6.07 Å². The lowest BCUT2D eigenvalue weighted by Gasteiger charge is -2.40. The van der Waals surface area contributed by atoms with Crippen LogP contribution in [0.5, 0.6) is 0 Å². The number of benzene rings is 1. The van der Waals surface area contributed by atoms with Crippen molar-refractivity contribution in [3.8, 4) is 0 Å². The normalized spacial score (nSPS) is 25.5. The molecule has 1 aromatic rings. The van der Waals surface area contributed by atoms with Crippen LogP contribution in [0.15, 0.2) is 22.7 Å². The van der Waals surface area contributed by atoms with Gasteiger partial charge in [-0.1, -0.05) is 22.0 Å². The van der Waals surface area contributed by atoms with E-state index in [4.69, 9.17) is 0 Å². The van der Waals surface area contributed by atoms with Crippen molar-refractivity contribution in [2.75, 3.05) is 0 Å². The molecule has 14 heavy (non-hydrogen) atoms. The molecule has 1 aliphatic rings. The average molecular weight is 258 g/mol. The molecule has 1 atom stereocenters. The van der Waals surface area contributed by atoms with E-state index >= 15 is 0 Å². The third-order valence-electron chi connectivity index (χ3n) is 2.46. The summed E-state index contributed by atoms with van der Waals surface area (Å²) >= 11 is 3.29. The third kappa shape index (κ3) is 1.43. The molecule has 1 heterocycles. The van der Waals surface area contributed by atoms with Crippen LogP contribution in [0.2, 0.25) is 0 Å². The summed E-state index contributed by atoms with van der Waals surface area (Å²) in [4.78, 5) is 10.9. The Morgan fingerprint density at radius 3 is 2.71 bits per heavy atom. The highest BCUT2D eigenvalue weighted by atomic mass is 79.9. The summed E-state index contributed by atoms with van der Waals surface area (Å²) in [5.74, 6) is -0.251. The third-order valence-corrected chi connectivity index (χ3v) is 3.11. The molecule has 1 saturated heterocycles. The van der Waals surface area contributed by atoms with Crippen molar-refractivity contribution < 1.29 is 9.18 Å². The van der Waals surface area contributed by atoms with E-state index in [-0.39, 0.29) is 17.3 Å². The van der Waals surface area contributed by atoms with E-state index in [0.717, 1.165) is 5.56 Å². The van der Waals surface area contributed by atoms with Gasteiger partial charge in [0.1, 0.15) is 5.82 Å². The maximum absolute atomic E-state index is 12.8. The molecule has 0 bridgehead atoms. The highest BCUT2D eigenvalue weighted by Crippen LogP contribution is 2.36. The first-order valence-electron chi connectivity index (χ1n) is 4.28. The highest BCUT2D eigenvalue weighted by molar-refractivity contribution is 9.10. The van der Waals surface area contributed by atoms with Crippen LogP contribution >= 0.6 is 15.9 Å². The van der Waals surface area contributed by atoms with Gasteiger partial charge < -0.3 is 5.32 Å². The summed E-state index contributed by atoms with van der Waals surface area (Å²) in [6.07, 6.45) is 0.456. The SMILES string of the molecule is CC1(c2ccc(F)cc2Br)CC(=O)N1. The van der Waals surface area contributed by atoms with Crippen LogP contribution in [-0.2, 0) is 10.3 Å². The fraction of sp³-hybridized carbons (Fsp3) is 0.300. The first-order chi connectivity index (χ1) is 6.51. The van der Waals surface area contributed by atoms with Crippen LogP contribution in [-0.4, -0.2) is 5.91 Å². The van der Waals surface area contributed by atoms with Gasteiger partial charge in [0.15, 0.2) is 0 Å². The average Bonchev–Trinajstić information content (AvgIpc) is 2.00. The second kappa shape index (κ2) is 3.05. The molecule has 1 fully saturated rings. The molecule has 0 saturated carbocycles. The van der Waals surface area contributed by atoms with Gasteiger partial charge in [-0.3, -0.25) is 4.79 Å². The van der Waals surface area contributed by atoms with Crippen molar-refractivity contribution in [2.45, 2.75) is 18.9 Å². The minimum atomic E-state index is -0.344. The van der Waals surface area contributed by atoms with Crippen LogP contribution < -0.4 is 5.32 Å². The van der Waals surface area contributed by atoms with Crippen molar-refractivity contribution in [3.63, 3.8) is 0 Å². The van der Waals surface area contributed by atoms with Crippen molar-refractivity contribution in [2.24, 2.45) is 0 Å². The van der Waals surface area contributed by atoms with E-state index in [0.29, 0.717) is 10.9 Å². The molecular formula is C10H9BrFNO. The Morgan fingerprint density at radius 2 is 2.21 bits per heavy atom. The summed E-state index contributed by atoms with van der Waals surface area (Å²) in [5.41, 5.74) is 0.572. The minimum Gasteiger partial charge on any atom is -0.346 e. The van der Waals surface area contributed by atoms with Crippen LogP contribution in [0.1, 0.15) is 18.9 Å². The van der Waals surface area contributed by atoms with E-state index in [1.807, 2.05) is 6.92 Å². The molecule has 1 aliphatic heterocycles. The number of β-lactam (4-membered cyclic amide) rings is 1. The van der Waals surface area contributed by atoms with Crippen molar-refractivity contribution >= 4 is 21.8 Å². The van der Waals surface area contributed by atoms with Gasteiger partial charge in [0.05, 0.1) is 12.0 Å². The number of rotatable bonds is 1. The molecule has 1 unspecified atom stereocenters. The Balaban J connectivity index is 2.37. The molecule has 2 nitrogen and oxygen atoms in total. The van der Waals surface area contributed by atoms with Crippen LogP contribution in [0.3, 0.4) is 0 Å². The number of hydrogen-bond acceptors (Lipinski definition) is 1. The fourth-order valence-corrected chi connectivity index (χ4v) is 2.50. The number of carbonyl (C=O) groups is 1. The summed E-state index contributed by atoms with van der Waals surface area (Å²) < 4.78 is 13.5. The molecule has 0 aromatic heterocycles.